The lowest BCUT2D eigenvalue weighted by Crippen LogP contribution is -1.98. The van der Waals surface area contributed by atoms with Gasteiger partial charge in [0.15, 0.2) is 0 Å². The molecule has 21 heavy (non-hydrogen) atoms. The largest absolute Gasteiger partial charge is 0.397 e. The smallest absolute Gasteiger partial charge is 0.124 e. The first kappa shape index (κ1) is 13.5. The van der Waals surface area contributed by atoms with Gasteiger partial charge >= 0.3 is 0 Å². The Labute approximate surface area is 122 Å². The summed E-state index contributed by atoms with van der Waals surface area (Å²) in [6.45, 7) is 1.73. The molecule has 0 spiro atoms. The maximum Gasteiger partial charge on any atom is 0.124 e. The van der Waals surface area contributed by atoms with E-state index in [-0.39, 0.29) is 6.61 Å². The Morgan fingerprint density at radius 1 is 1.19 bits per heavy atom. The normalized spacial score (nSPS) is 11.0. The lowest BCUT2D eigenvalue weighted by atomic mass is 10.0. The van der Waals surface area contributed by atoms with Crippen LogP contribution in [0, 0.1) is 0 Å². The number of nitrogens with two attached hydrogens (primary N) is 1. The van der Waals surface area contributed by atoms with Gasteiger partial charge in [-0.05, 0) is 36.2 Å². The molecule has 0 saturated heterocycles. The van der Waals surface area contributed by atoms with Crippen LogP contribution in [0.15, 0.2) is 36.7 Å². The summed E-state index contributed by atoms with van der Waals surface area (Å²) in [5.74, 6) is 0. The SMILES string of the molecule is CCc1ccncc1-c1cc(N)c2nc(C[O])ccc2n1. The number of rotatable bonds is 3. The van der Waals surface area contributed by atoms with E-state index in [1.807, 2.05) is 6.07 Å². The molecule has 0 unspecified atom stereocenters. The van der Waals surface area contributed by atoms with Crippen molar-refractivity contribution in [2.45, 2.75) is 20.0 Å². The maximum atomic E-state index is 10.9. The van der Waals surface area contributed by atoms with E-state index in [2.05, 4.69) is 21.9 Å². The molecule has 5 heteroatoms. The number of nitrogens with zero attached hydrogens (tertiary/aromatic N) is 3. The Hall–Kier alpha value is -2.53. The molecule has 0 bridgehead atoms. The van der Waals surface area contributed by atoms with Crippen LogP contribution >= 0.6 is 0 Å². The summed E-state index contributed by atoms with van der Waals surface area (Å²) in [5, 5.41) is 10.9. The van der Waals surface area contributed by atoms with Crippen molar-refractivity contribution in [3.63, 3.8) is 0 Å². The zero-order valence-electron chi connectivity index (χ0n) is 11.7. The summed E-state index contributed by atoms with van der Waals surface area (Å²) in [6.07, 6.45) is 4.46. The van der Waals surface area contributed by atoms with Crippen molar-refractivity contribution >= 4 is 16.7 Å². The van der Waals surface area contributed by atoms with Crippen molar-refractivity contribution in [2.24, 2.45) is 0 Å². The number of anilines is 1. The third-order valence-electron chi connectivity index (χ3n) is 3.45. The van der Waals surface area contributed by atoms with Crippen molar-refractivity contribution < 1.29 is 5.11 Å². The van der Waals surface area contributed by atoms with Crippen LogP contribution in [-0.4, -0.2) is 15.0 Å². The van der Waals surface area contributed by atoms with Crippen LogP contribution < -0.4 is 5.73 Å². The van der Waals surface area contributed by atoms with Crippen molar-refractivity contribution in [3.8, 4) is 11.3 Å². The molecule has 0 aliphatic rings. The molecule has 0 fully saturated rings. The van der Waals surface area contributed by atoms with Gasteiger partial charge in [-0.3, -0.25) is 4.98 Å². The molecule has 0 atom stereocenters. The monoisotopic (exact) mass is 279 g/mol. The quantitative estimate of drug-likeness (QED) is 0.798. The highest BCUT2D eigenvalue weighted by molar-refractivity contribution is 5.89. The van der Waals surface area contributed by atoms with Gasteiger partial charge in [0.25, 0.3) is 0 Å². The molecule has 105 valence electrons. The van der Waals surface area contributed by atoms with Gasteiger partial charge in [-0.1, -0.05) is 6.92 Å². The minimum atomic E-state index is -0.361. The number of aromatic nitrogens is 3. The maximum absolute atomic E-state index is 10.9. The Kier molecular flexibility index (Phi) is 3.50. The molecule has 5 nitrogen and oxygen atoms in total. The first-order valence-corrected chi connectivity index (χ1v) is 6.80. The molecule has 2 N–H and O–H groups in total. The summed E-state index contributed by atoms with van der Waals surface area (Å²) in [7, 11) is 0. The Bertz CT molecular complexity index is 801. The fraction of sp³-hybridized carbons (Fsp3) is 0.188. The van der Waals surface area contributed by atoms with E-state index in [1.165, 1.54) is 5.56 Å². The zero-order valence-corrected chi connectivity index (χ0v) is 11.7. The molecule has 3 rings (SSSR count). The average molecular weight is 279 g/mol. The number of pyridine rings is 3. The van der Waals surface area contributed by atoms with E-state index >= 15 is 0 Å². The zero-order chi connectivity index (χ0) is 14.8. The van der Waals surface area contributed by atoms with Crippen LogP contribution in [0.5, 0.6) is 0 Å². The van der Waals surface area contributed by atoms with Crippen molar-refractivity contribution in [1.82, 2.24) is 15.0 Å². The molecule has 0 aliphatic carbocycles. The molecule has 0 aromatic carbocycles. The molecule has 0 aliphatic heterocycles. The van der Waals surface area contributed by atoms with E-state index in [1.54, 1.807) is 30.6 Å². The predicted molar refractivity (Wildman–Crippen MR) is 80.9 cm³/mol. The summed E-state index contributed by atoms with van der Waals surface area (Å²) in [4.78, 5) is 13.0. The minimum Gasteiger partial charge on any atom is -0.397 e. The second-order valence-electron chi connectivity index (χ2n) is 4.80. The van der Waals surface area contributed by atoms with E-state index in [0.29, 0.717) is 22.4 Å². The van der Waals surface area contributed by atoms with Crippen molar-refractivity contribution in [3.05, 3.63) is 47.9 Å². The van der Waals surface area contributed by atoms with Crippen LogP contribution in [0.25, 0.3) is 22.3 Å². The Balaban J connectivity index is 2.21. The van der Waals surface area contributed by atoms with Crippen molar-refractivity contribution in [1.29, 1.82) is 0 Å². The molecular formula is C16H15N4O. The van der Waals surface area contributed by atoms with Crippen LogP contribution in [0.4, 0.5) is 5.69 Å². The standard InChI is InChI=1S/C16H15N4O/c1-2-10-5-6-18-8-12(10)15-7-13(17)16-14(20-15)4-3-11(9-21)19-16/h3-8H,2,9H2,1H3,(H2,17,20). The summed E-state index contributed by atoms with van der Waals surface area (Å²) in [6, 6.07) is 7.25. The molecule has 3 aromatic heterocycles. The number of aryl methyl sites for hydroxylation is 1. The molecule has 0 amide bonds. The van der Waals surface area contributed by atoms with E-state index in [9.17, 15) is 5.11 Å². The Morgan fingerprint density at radius 3 is 2.81 bits per heavy atom. The first-order chi connectivity index (χ1) is 10.2. The van der Waals surface area contributed by atoms with E-state index in [4.69, 9.17) is 5.73 Å². The van der Waals surface area contributed by atoms with Crippen LogP contribution in [0.2, 0.25) is 0 Å². The second kappa shape index (κ2) is 5.46. The number of nitrogen functional groups attached to an aromatic ring is 1. The highest BCUT2D eigenvalue weighted by atomic mass is 16.3. The number of hydrogen-bond donors (Lipinski definition) is 1. The van der Waals surface area contributed by atoms with Gasteiger partial charge in [-0.25, -0.2) is 15.1 Å². The van der Waals surface area contributed by atoms with E-state index in [0.717, 1.165) is 17.7 Å². The van der Waals surface area contributed by atoms with Gasteiger partial charge in [0.2, 0.25) is 0 Å². The minimum absolute atomic E-state index is 0.361. The van der Waals surface area contributed by atoms with Crippen LogP contribution in [-0.2, 0) is 18.1 Å². The third kappa shape index (κ3) is 2.43. The highest BCUT2D eigenvalue weighted by Crippen LogP contribution is 2.27. The van der Waals surface area contributed by atoms with Gasteiger partial charge in [0, 0.05) is 18.0 Å². The van der Waals surface area contributed by atoms with Crippen molar-refractivity contribution in [2.75, 3.05) is 5.73 Å². The summed E-state index contributed by atoms with van der Waals surface area (Å²) >= 11 is 0. The first-order valence-electron chi connectivity index (χ1n) is 6.80. The summed E-state index contributed by atoms with van der Waals surface area (Å²) < 4.78 is 0. The molecule has 3 heterocycles. The van der Waals surface area contributed by atoms with Gasteiger partial charge in [0.05, 0.1) is 22.6 Å². The van der Waals surface area contributed by atoms with Gasteiger partial charge in [-0.15, -0.1) is 0 Å². The van der Waals surface area contributed by atoms with E-state index < -0.39 is 0 Å². The molecule has 0 saturated carbocycles. The third-order valence-corrected chi connectivity index (χ3v) is 3.45. The van der Waals surface area contributed by atoms with Gasteiger partial charge < -0.3 is 5.73 Å². The fourth-order valence-corrected chi connectivity index (χ4v) is 2.35. The Morgan fingerprint density at radius 2 is 2.05 bits per heavy atom. The number of fused-ring (bicyclic) bond motifs is 1. The highest BCUT2D eigenvalue weighted by Gasteiger charge is 2.10. The average Bonchev–Trinajstić information content (AvgIpc) is 2.54. The molecule has 3 aromatic rings. The topological polar surface area (TPSA) is 84.6 Å². The van der Waals surface area contributed by atoms with Gasteiger partial charge in [0.1, 0.15) is 12.1 Å². The molecule has 1 radical (unpaired) electrons. The second-order valence-corrected chi connectivity index (χ2v) is 4.80. The van der Waals surface area contributed by atoms with Crippen LogP contribution in [0.3, 0.4) is 0 Å². The summed E-state index contributed by atoms with van der Waals surface area (Å²) in [5.41, 5.74) is 11.3. The predicted octanol–water partition coefficient (Wildman–Crippen LogP) is 2.77. The number of hydrogen-bond acceptors (Lipinski definition) is 4. The lowest BCUT2D eigenvalue weighted by molar-refractivity contribution is 0.174. The lowest BCUT2D eigenvalue weighted by Gasteiger charge is -2.09. The van der Waals surface area contributed by atoms with Crippen LogP contribution in [0.1, 0.15) is 18.2 Å². The fourth-order valence-electron chi connectivity index (χ4n) is 2.35. The van der Waals surface area contributed by atoms with Gasteiger partial charge in [-0.2, -0.15) is 0 Å². The molecular weight excluding hydrogens is 264 g/mol.